The summed E-state index contributed by atoms with van der Waals surface area (Å²) in [4.78, 5) is 2.57. The second-order valence-electron chi connectivity index (χ2n) is 5.81. The fraction of sp³-hybridized carbons (Fsp3) is 0.647. The van der Waals surface area contributed by atoms with Crippen LogP contribution in [0.15, 0.2) is 22.7 Å². The molecular formula is C17H27BrN2. The van der Waals surface area contributed by atoms with Crippen LogP contribution in [0.3, 0.4) is 0 Å². The first kappa shape index (κ1) is 15.8. The van der Waals surface area contributed by atoms with Crippen molar-refractivity contribution in [3.8, 4) is 0 Å². The van der Waals surface area contributed by atoms with Crippen LogP contribution in [-0.4, -0.2) is 19.1 Å². The maximum atomic E-state index is 3.78. The van der Waals surface area contributed by atoms with E-state index in [2.05, 4.69) is 65.1 Å². The highest BCUT2D eigenvalue weighted by atomic mass is 79.9. The molecule has 1 unspecified atom stereocenters. The maximum absolute atomic E-state index is 3.78. The molecule has 1 aromatic rings. The van der Waals surface area contributed by atoms with Gasteiger partial charge >= 0.3 is 0 Å². The number of hydrogen-bond donors (Lipinski definition) is 1. The van der Waals surface area contributed by atoms with Crippen LogP contribution in [0.25, 0.3) is 0 Å². The smallest absolute Gasteiger partial charge is 0.0513 e. The van der Waals surface area contributed by atoms with Crippen molar-refractivity contribution in [3.63, 3.8) is 0 Å². The molecule has 0 saturated heterocycles. The van der Waals surface area contributed by atoms with Gasteiger partial charge in [-0.25, -0.2) is 0 Å². The predicted octanol–water partition coefficient (Wildman–Crippen LogP) is 4.89. The summed E-state index contributed by atoms with van der Waals surface area (Å²) in [5, 5.41) is 3.55. The van der Waals surface area contributed by atoms with Crippen molar-refractivity contribution in [2.24, 2.45) is 0 Å². The zero-order chi connectivity index (χ0) is 14.5. The van der Waals surface area contributed by atoms with Crippen molar-refractivity contribution in [2.45, 2.75) is 58.5 Å². The van der Waals surface area contributed by atoms with Gasteiger partial charge in [-0.3, -0.25) is 0 Å². The summed E-state index contributed by atoms with van der Waals surface area (Å²) < 4.78 is 1.24. The minimum atomic E-state index is 0.417. The lowest BCUT2D eigenvalue weighted by atomic mass is 10.1. The SMILES string of the molecule is CCCNC(C)c1ccc(N(CCC)C2CC2)c(Br)c1. The summed E-state index contributed by atoms with van der Waals surface area (Å²) in [7, 11) is 0. The number of nitrogens with zero attached hydrogens (tertiary/aromatic N) is 1. The molecule has 2 rings (SSSR count). The Balaban J connectivity index is 2.11. The fourth-order valence-electron chi connectivity index (χ4n) is 2.63. The molecule has 0 aliphatic heterocycles. The molecule has 0 radical (unpaired) electrons. The minimum Gasteiger partial charge on any atom is -0.368 e. The van der Waals surface area contributed by atoms with E-state index in [1.165, 1.54) is 41.4 Å². The van der Waals surface area contributed by atoms with Crippen molar-refractivity contribution in [1.82, 2.24) is 5.32 Å². The molecule has 3 heteroatoms. The number of rotatable bonds is 8. The van der Waals surface area contributed by atoms with Crippen LogP contribution in [-0.2, 0) is 0 Å². The molecule has 1 aliphatic rings. The van der Waals surface area contributed by atoms with E-state index in [-0.39, 0.29) is 0 Å². The molecule has 1 saturated carbocycles. The van der Waals surface area contributed by atoms with Gasteiger partial charge in [0.05, 0.1) is 5.69 Å². The van der Waals surface area contributed by atoms with Crippen molar-refractivity contribution >= 4 is 21.6 Å². The highest BCUT2D eigenvalue weighted by Crippen LogP contribution is 2.37. The molecule has 1 N–H and O–H groups in total. The normalized spacial score (nSPS) is 16.2. The molecule has 1 atom stereocenters. The lowest BCUT2D eigenvalue weighted by Crippen LogP contribution is -2.27. The van der Waals surface area contributed by atoms with Crippen LogP contribution in [0, 0.1) is 0 Å². The number of nitrogens with one attached hydrogen (secondary N) is 1. The van der Waals surface area contributed by atoms with Gasteiger partial charge in [0.1, 0.15) is 0 Å². The average Bonchev–Trinajstić information content (AvgIpc) is 3.27. The third-order valence-electron chi connectivity index (χ3n) is 3.93. The second-order valence-corrected chi connectivity index (χ2v) is 6.67. The Morgan fingerprint density at radius 3 is 2.60 bits per heavy atom. The molecule has 1 aliphatic carbocycles. The topological polar surface area (TPSA) is 15.3 Å². The van der Waals surface area contributed by atoms with E-state index in [0.717, 1.165) is 19.1 Å². The summed E-state index contributed by atoms with van der Waals surface area (Å²) in [5.41, 5.74) is 2.72. The molecule has 0 spiro atoms. The van der Waals surface area contributed by atoms with Gasteiger partial charge in [-0.05, 0) is 72.8 Å². The molecule has 20 heavy (non-hydrogen) atoms. The Bertz CT molecular complexity index is 429. The van der Waals surface area contributed by atoms with Crippen LogP contribution in [0.2, 0.25) is 0 Å². The van der Waals surface area contributed by atoms with Crippen molar-refractivity contribution in [2.75, 3.05) is 18.0 Å². The van der Waals surface area contributed by atoms with Crippen LogP contribution in [0.5, 0.6) is 0 Å². The number of anilines is 1. The van der Waals surface area contributed by atoms with Gasteiger partial charge in [0.25, 0.3) is 0 Å². The first-order chi connectivity index (χ1) is 9.67. The molecular weight excluding hydrogens is 312 g/mol. The Kier molecular flexibility index (Phi) is 5.91. The third kappa shape index (κ3) is 3.98. The molecule has 1 aromatic carbocycles. The highest BCUT2D eigenvalue weighted by molar-refractivity contribution is 9.10. The average molecular weight is 339 g/mol. The van der Waals surface area contributed by atoms with Crippen LogP contribution >= 0.6 is 15.9 Å². The van der Waals surface area contributed by atoms with Crippen molar-refractivity contribution < 1.29 is 0 Å². The monoisotopic (exact) mass is 338 g/mol. The van der Waals surface area contributed by atoms with Gasteiger partial charge in [-0.15, -0.1) is 0 Å². The molecule has 112 valence electrons. The first-order valence-electron chi connectivity index (χ1n) is 7.96. The van der Waals surface area contributed by atoms with Gasteiger partial charge in [0, 0.05) is 23.1 Å². The lowest BCUT2D eigenvalue weighted by molar-refractivity contribution is 0.570. The Labute approximate surface area is 132 Å². The second kappa shape index (κ2) is 7.46. The Hall–Kier alpha value is -0.540. The van der Waals surface area contributed by atoms with E-state index in [1.54, 1.807) is 0 Å². The van der Waals surface area contributed by atoms with E-state index < -0.39 is 0 Å². The minimum absolute atomic E-state index is 0.417. The van der Waals surface area contributed by atoms with E-state index >= 15 is 0 Å². The fourth-order valence-corrected chi connectivity index (χ4v) is 3.26. The van der Waals surface area contributed by atoms with Gasteiger partial charge in [-0.2, -0.15) is 0 Å². The van der Waals surface area contributed by atoms with E-state index in [9.17, 15) is 0 Å². The predicted molar refractivity (Wildman–Crippen MR) is 91.5 cm³/mol. The van der Waals surface area contributed by atoms with Crippen molar-refractivity contribution in [3.05, 3.63) is 28.2 Å². The Morgan fingerprint density at radius 1 is 1.30 bits per heavy atom. The molecule has 2 nitrogen and oxygen atoms in total. The third-order valence-corrected chi connectivity index (χ3v) is 4.57. The van der Waals surface area contributed by atoms with Gasteiger partial charge in [-0.1, -0.05) is 19.9 Å². The largest absolute Gasteiger partial charge is 0.368 e. The first-order valence-corrected chi connectivity index (χ1v) is 8.76. The zero-order valence-corrected chi connectivity index (χ0v) is 14.5. The molecule has 0 aromatic heterocycles. The molecule has 0 amide bonds. The van der Waals surface area contributed by atoms with Gasteiger partial charge in [0.15, 0.2) is 0 Å². The lowest BCUT2D eigenvalue weighted by Gasteiger charge is -2.26. The summed E-state index contributed by atoms with van der Waals surface area (Å²) >= 11 is 3.78. The molecule has 1 fully saturated rings. The standard InChI is InChI=1S/C17H27BrN2/c1-4-10-19-13(3)14-6-9-17(16(18)12-14)20(11-5-2)15-7-8-15/h6,9,12-13,15,19H,4-5,7-8,10-11H2,1-3H3. The quantitative estimate of drug-likeness (QED) is 0.725. The zero-order valence-electron chi connectivity index (χ0n) is 13.0. The van der Waals surface area contributed by atoms with E-state index in [1.807, 2.05) is 0 Å². The number of hydrogen-bond acceptors (Lipinski definition) is 2. The summed E-state index contributed by atoms with van der Waals surface area (Å²) in [5.74, 6) is 0. The van der Waals surface area contributed by atoms with Crippen LogP contribution in [0.4, 0.5) is 5.69 Å². The maximum Gasteiger partial charge on any atom is 0.0513 e. The number of benzene rings is 1. The summed E-state index contributed by atoms with van der Waals surface area (Å²) in [6, 6.07) is 8.04. The summed E-state index contributed by atoms with van der Waals surface area (Å²) in [6.07, 6.45) is 5.08. The van der Waals surface area contributed by atoms with Crippen LogP contribution < -0.4 is 10.2 Å². The van der Waals surface area contributed by atoms with Gasteiger partial charge in [0.2, 0.25) is 0 Å². The van der Waals surface area contributed by atoms with Crippen molar-refractivity contribution in [1.29, 1.82) is 0 Å². The summed E-state index contributed by atoms with van der Waals surface area (Å²) in [6.45, 7) is 8.93. The highest BCUT2D eigenvalue weighted by Gasteiger charge is 2.29. The van der Waals surface area contributed by atoms with E-state index in [0.29, 0.717) is 6.04 Å². The molecule has 0 bridgehead atoms. The van der Waals surface area contributed by atoms with E-state index in [4.69, 9.17) is 0 Å². The Morgan fingerprint density at radius 2 is 2.05 bits per heavy atom. The van der Waals surface area contributed by atoms with Crippen LogP contribution in [0.1, 0.15) is 58.1 Å². The van der Waals surface area contributed by atoms with Gasteiger partial charge < -0.3 is 10.2 Å². The number of halogens is 1. The molecule has 0 heterocycles.